The average molecular weight is 217 g/mol. The van der Waals surface area contributed by atoms with Crippen LogP contribution in [0.4, 0.5) is 0 Å². The summed E-state index contributed by atoms with van der Waals surface area (Å²) < 4.78 is 1.54. The number of hydrogen-bond acceptors (Lipinski definition) is 3. The molecule has 0 aliphatic rings. The lowest BCUT2D eigenvalue weighted by molar-refractivity contribution is 0.100. The second-order valence-electron chi connectivity index (χ2n) is 3.46. The Morgan fingerprint density at radius 3 is 3.12 bits per heavy atom. The van der Waals surface area contributed by atoms with Gasteiger partial charge in [-0.1, -0.05) is 0 Å². The largest absolute Gasteiger partial charge is 0.369 e. The SMILES string of the molecule is CN(C)C=NC(=O)c1cnn2cccnc12. The minimum atomic E-state index is -0.345. The zero-order valence-corrected chi connectivity index (χ0v) is 9.03. The van der Waals surface area contributed by atoms with Gasteiger partial charge in [0.15, 0.2) is 5.65 Å². The molecule has 0 radical (unpaired) electrons. The normalized spacial score (nSPS) is 11.1. The smallest absolute Gasteiger partial charge is 0.283 e. The molecular formula is C10H11N5O. The van der Waals surface area contributed by atoms with E-state index in [0.717, 1.165) is 0 Å². The molecule has 0 fully saturated rings. The van der Waals surface area contributed by atoms with E-state index >= 15 is 0 Å². The fourth-order valence-corrected chi connectivity index (χ4v) is 1.22. The highest BCUT2D eigenvalue weighted by molar-refractivity contribution is 6.03. The second-order valence-corrected chi connectivity index (χ2v) is 3.46. The number of aliphatic imine (C=N–C) groups is 1. The summed E-state index contributed by atoms with van der Waals surface area (Å²) >= 11 is 0. The zero-order chi connectivity index (χ0) is 11.5. The Morgan fingerprint density at radius 2 is 2.38 bits per heavy atom. The van der Waals surface area contributed by atoms with Crippen molar-refractivity contribution in [3.05, 3.63) is 30.2 Å². The number of rotatable bonds is 2. The first-order valence-corrected chi connectivity index (χ1v) is 4.72. The van der Waals surface area contributed by atoms with E-state index in [1.807, 2.05) is 0 Å². The molecule has 1 amide bonds. The van der Waals surface area contributed by atoms with Gasteiger partial charge in [-0.3, -0.25) is 4.79 Å². The molecule has 0 atom stereocenters. The summed E-state index contributed by atoms with van der Waals surface area (Å²) in [6.45, 7) is 0. The average Bonchev–Trinajstić information content (AvgIpc) is 2.69. The van der Waals surface area contributed by atoms with Gasteiger partial charge in [0.05, 0.1) is 12.5 Å². The summed E-state index contributed by atoms with van der Waals surface area (Å²) in [5.74, 6) is -0.345. The fourth-order valence-electron chi connectivity index (χ4n) is 1.22. The Kier molecular flexibility index (Phi) is 2.63. The number of aromatic nitrogens is 3. The van der Waals surface area contributed by atoms with Crippen molar-refractivity contribution in [2.75, 3.05) is 14.1 Å². The van der Waals surface area contributed by atoms with Gasteiger partial charge in [0.2, 0.25) is 0 Å². The highest BCUT2D eigenvalue weighted by Crippen LogP contribution is 2.07. The maximum absolute atomic E-state index is 11.7. The first-order chi connectivity index (χ1) is 7.68. The van der Waals surface area contributed by atoms with E-state index in [1.54, 1.807) is 42.0 Å². The molecular weight excluding hydrogens is 206 g/mol. The number of hydrogen-bond donors (Lipinski definition) is 0. The van der Waals surface area contributed by atoms with Crippen LogP contribution in [0, 0.1) is 0 Å². The topological polar surface area (TPSA) is 62.9 Å². The number of carbonyl (C=O) groups excluding carboxylic acids is 1. The lowest BCUT2D eigenvalue weighted by Crippen LogP contribution is -2.09. The van der Waals surface area contributed by atoms with Crippen molar-refractivity contribution in [1.29, 1.82) is 0 Å². The third-order valence-electron chi connectivity index (χ3n) is 1.92. The van der Waals surface area contributed by atoms with Gasteiger partial charge in [-0.05, 0) is 6.07 Å². The van der Waals surface area contributed by atoms with E-state index in [2.05, 4.69) is 15.1 Å². The van der Waals surface area contributed by atoms with Crippen molar-refractivity contribution in [1.82, 2.24) is 19.5 Å². The predicted molar refractivity (Wildman–Crippen MR) is 59.5 cm³/mol. The molecule has 6 heteroatoms. The summed E-state index contributed by atoms with van der Waals surface area (Å²) in [5.41, 5.74) is 0.919. The van der Waals surface area contributed by atoms with Gasteiger partial charge >= 0.3 is 0 Å². The fraction of sp³-hybridized carbons (Fsp3) is 0.200. The highest BCUT2D eigenvalue weighted by atomic mass is 16.1. The van der Waals surface area contributed by atoms with Gasteiger partial charge in [-0.15, -0.1) is 0 Å². The molecule has 2 aromatic rings. The zero-order valence-electron chi connectivity index (χ0n) is 9.03. The van der Waals surface area contributed by atoms with E-state index in [4.69, 9.17) is 0 Å². The van der Waals surface area contributed by atoms with Gasteiger partial charge in [-0.25, -0.2) is 9.50 Å². The molecule has 0 saturated heterocycles. The molecule has 2 aromatic heterocycles. The van der Waals surface area contributed by atoms with Crippen molar-refractivity contribution in [2.24, 2.45) is 4.99 Å². The van der Waals surface area contributed by atoms with Crippen LogP contribution in [0.15, 0.2) is 29.6 Å². The molecule has 2 heterocycles. The molecule has 0 spiro atoms. The number of amides is 1. The van der Waals surface area contributed by atoms with Crippen LogP contribution < -0.4 is 0 Å². The van der Waals surface area contributed by atoms with E-state index in [1.165, 1.54) is 12.5 Å². The summed E-state index contributed by atoms with van der Waals surface area (Å²) in [5, 5.41) is 4.01. The van der Waals surface area contributed by atoms with Crippen molar-refractivity contribution in [2.45, 2.75) is 0 Å². The first-order valence-electron chi connectivity index (χ1n) is 4.72. The third-order valence-corrected chi connectivity index (χ3v) is 1.92. The third kappa shape index (κ3) is 1.90. The van der Waals surface area contributed by atoms with E-state index < -0.39 is 0 Å². The molecule has 0 unspecified atom stereocenters. The predicted octanol–water partition coefficient (Wildman–Crippen LogP) is 0.459. The standard InChI is InChI=1S/C10H11N5O/c1-14(2)7-12-10(16)8-6-13-15-5-3-4-11-9(8)15/h3-7H,1-2H3. The number of carbonyl (C=O) groups is 1. The Balaban J connectivity index is 2.37. The molecule has 16 heavy (non-hydrogen) atoms. The van der Waals surface area contributed by atoms with Crippen molar-refractivity contribution in [3.63, 3.8) is 0 Å². The summed E-state index contributed by atoms with van der Waals surface area (Å²) in [7, 11) is 3.59. The molecule has 0 aliphatic carbocycles. The lowest BCUT2D eigenvalue weighted by atomic mass is 10.3. The lowest BCUT2D eigenvalue weighted by Gasteiger charge is -2.00. The minimum absolute atomic E-state index is 0.345. The van der Waals surface area contributed by atoms with Crippen LogP contribution in [0.5, 0.6) is 0 Å². The van der Waals surface area contributed by atoms with E-state index in [9.17, 15) is 4.79 Å². The van der Waals surface area contributed by atoms with E-state index in [0.29, 0.717) is 11.2 Å². The van der Waals surface area contributed by atoms with Crippen LogP contribution in [-0.4, -0.2) is 45.8 Å². The Labute approximate surface area is 92.2 Å². The molecule has 0 saturated carbocycles. The number of fused-ring (bicyclic) bond motifs is 1. The van der Waals surface area contributed by atoms with Crippen LogP contribution in [0.25, 0.3) is 5.65 Å². The molecule has 0 aliphatic heterocycles. The molecule has 6 nitrogen and oxygen atoms in total. The Morgan fingerprint density at radius 1 is 1.56 bits per heavy atom. The van der Waals surface area contributed by atoms with Crippen molar-refractivity contribution < 1.29 is 4.79 Å². The second kappa shape index (κ2) is 4.09. The summed E-state index contributed by atoms with van der Waals surface area (Å²) in [6, 6.07) is 1.75. The van der Waals surface area contributed by atoms with Crippen LogP contribution in [0.2, 0.25) is 0 Å². The molecule has 82 valence electrons. The molecule has 0 bridgehead atoms. The van der Waals surface area contributed by atoms with Crippen LogP contribution in [0.3, 0.4) is 0 Å². The van der Waals surface area contributed by atoms with E-state index in [-0.39, 0.29) is 5.91 Å². The highest BCUT2D eigenvalue weighted by Gasteiger charge is 2.11. The molecule has 0 N–H and O–H groups in total. The van der Waals surface area contributed by atoms with Gasteiger partial charge in [0, 0.05) is 26.5 Å². The van der Waals surface area contributed by atoms with Crippen LogP contribution in [-0.2, 0) is 0 Å². The van der Waals surface area contributed by atoms with Gasteiger partial charge in [0.25, 0.3) is 5.91 Å². The van der Waals surface area contributed by atoms with Gasteiger partial charge < -0.3 is 4.90 Å². The summed E-state index contributed by atoms with van der Waals surface area (Å²) in [6.07, 6.45) is 6.27. The van der Waals surface area contributed by atoms with Crippen LogP contribution in [0.1, 0.15) is 10.4 Å². The molecule has 2 rings (SSSR count). The van der Waals surface area contributed by atoms with Gasteiger partial charge in [-0.2, -0.15) is 10.1 Å². The van der Waals surface area contributed by atoms with Gasteiger partial charge in [0.1, 0.15) is 5.56 Å². The van der Waals surface area contributed by atoms with Crippen molar-refractivity contribution >= 4 is 17.9 Å². The monoisotopic (exact) mass is 217 g/mol. The minimum Gasteiger partial charge on any atom is -0.369 e. The maximum atomic E-state index is 11.7. The number of nitrogens with zero attached hydrogens (tertiary/aromatic N) is 5. The van der Waals surface area contributed by atoms with Crippen molar-refractivity contribution in [3.8, 4) is 0 Å². The Bertz CT molecular complexity index is 543. The quantitative estimate of drug-likeness (QED) is 0.541. The first kappa shape index (κ1) is 10.3. The maximum Gasteiger partial charge on any atom is 0.283 e. The Hall–Kier alpha value is -2.24. The van der Waals surface area contributed by atoms with Crippen LogP contribution >= 0.6 is 0 Å². The molecule has 0 aromatic carbocycles. The summed E-state index contributed by atoms with van der Waals surface area (Å²) in [4.78, 5) is 21.3.